The first-order valence-electron chi connectivity index (χ1n) is 15.3. The Morgan fingerprint density at radius 1 is 0.826 bits per heavy atom. The number of ketones is 1. The zero-order valence-corrected chi connectivity index (χ0v) is 27.1. The molecule has 2 atom stereocenters. The summed E-state index contributed by atoms with van der Waals surface area (Å²) in [5.74, 6) is -0.837. The van der Waals surface area contributed by atoms with Gasteiger partial charge in [-0.2, -0.15) is 0 Å². The van der Waals surface area contributed by atoms with Gasteiger partial charge in [-0.25, -0.2) is 0 Å². The highest BCUT2D eigenvalue weighted by Crippen LogP contribution is 2.37. The molecule has 4 aromatic rings. The molecule has 8 nitrogen and oxygen atoms in total. The fraction of sp³-hybridized carbons (Fsp3) is 0.243. The molecular formula is C37H39N5O3S. The largest absolute Gasteiger partial charge is 0.350 e. The lowest BCUT2D eigenvalue weighted by Gasteiger charge is -2.29. The van der Waals surface area contributed by atoms with Crippen molar-refractivity contribution in [3.8, 4) is 0 Å². The number of anilines is 4. The minimum Gasteiger partial charge on any atom is -0.350 e. The van der Waals surface area contributed by atoms with Crippen LogP contribution in [0.25, 0.3) is 0 Å². The molecule has 5 rings (SSSR count). The Morgan fingerprint density at radius 2 is 1.39 bits per heavy atom. The van der Waals surface area contributed by atoms with Crippen LogP contribution in [-0.2, 0) is 20.8 Å². The van der Waals surface area contributed by atoms with Gasteiger partial charge in [0.25, 0.3) is 5.91 Å². The molecule has 0 aromatic heterocycles. The van der Waals surface area contributed by atoms with Gasteiger partial charge in [0.15, 0.2) is 10.9 Å². The minimum absolute atomic E-state index is 0.0881. The average Bonchev–Trinajstić information content (AvgIpc) is 3.16. The SMILES string of the molecule is CC(C)(C)C(=O)CN1C(=O)C(NC(=O)[C@H](Cc2ccccc2)NC(=S)Nc2ccccc2)CN(c2ccccc2)c2ccccc21. The Hall–Kier alpha value is -5.02. The third kappa shape index (κ3) is 7.97. The molecular weight excluding hydrogens is 595 g/mol. The van der Waals surface area contributed by atoms with Crippen molar-refractivity contribution >= 4 is 57.7 Å². The monoisotopic (exact) mass is 633 g/mol. The molecule has 1 unspecified atom stereocenters. The predicted molar refractivity (Wildman–Crippen MR) is 188 cm³/mol. The van der Waals surface area contributed by atoms with Crippen molar-refractivity contribution in [3.05, 3.63) is 121 Å². The molecule has 46 heavy (non-hydrogen) atoms. The molecule has 1 heterocycles. The summed E-state index contributed by atoms with van der Waals surface area (Å²) >= 11 is 5.60. The number of para-hydroxylation sites is 4. The third-order valence-corrected chi connectivity index (χ3v) is 8.07. The number of thiocarbonyl (C=S) groups is 1. The predicted octanol–water partition coefficient (Wildman–Crippen LogP) is 5.87. The van der Waals surface area contributed by atoms with E-state index in [1.54, 1.807) is 0 Å². The number of hydrogen-bond acceptors (Lipinski definition) is 5. The first-order chi connectivity index (χ1) is 22.1. The van der Waals surface area contributed by atoms with Crippen LogP contribution in [0.2, 0.25) is 0 Å². The number of benzene rings is 4. The maximum atomic E-state index is 14.4. The van der Waals surface area contributed by atoms with Crippen molar-refractivity contribution in [2.45, 2.75) is 39.3 Å². The standard InChI is InChI=1S/C37H39N5O3S/c1-37(2,3)33(43)25-42-32-22-14-13-21-31(32)41(28-19-11-6-12-20-28)24-30(35(42)45)39-34(44)29(23-26-15-7-4-8-16-26)40-36(46)38-27-17-9-5-10-18-27/h4-22,29-30H,23-25H2,1-3H3,(H,39,44)(H2,38,40,46)/t29-,30?/m0/s1. The maximum absolute atomic E-state index is 14.4. The van der Waals surface area contributed by atoms with Crippen molar-refractivity contribution < 1.29 is 14.4 Å². The van der Waals surface area contributed by atoms with Gasteiger partial charge in [0.1, 0.15) is 12.1 Å². The topological polar surface area (TPSA) is 93.8 Å². The van der Waals surface area contributed by atoms with Crippen LogP contribution in [0.5, 0.6) is 0 Å². The number of nitrogens with one attached hydrogen (secondary N) is 3. The smallest absolute Gasteiger partial charge is 0.251 e. The first-order valence-corrected chi connectivity index (χ1v) is 15.7. The highest BCUT2D eigenvalue weighted by atomic mass is 32.1. The van der Waals surface area contributed by atoms with E-state index in [1.165, 1.54) is 4.90 Å². The normalized spacial score (nSPS) is 15.3. The van der Waals surface area contributed by atoms with Crippen LogP contribution in [-0.4, -0.2) is 47.9 Å². The Kier molecular flexibility index (Phi) is 10.1. The van der Waals surface area contributed by atoms with Gasteiger partial charge < -0.3 is 25.8 Å². The first kappa shape index (κ1) is 32.4. The van der Waals surface area contributed by atoms with E-state index in [0.717, 1.165) is 22.6 Å². The number of carbonyl (C=O) groups is 3. The Balaban J connectivity index is 1.47. The van der Waals surface area contributed by atoms with Crippen molar-refractivity contribution in [1.29, 1.82) is 0 Å². The zero-order chi connectivity index (χ0) is 32.7. The summed E-state index contributed by atoms with van der Waals surface area (Å²) in [7, 11) is 0. The maximum Gasteiger partial charge on any atom is 0.251 e. The van der Waals surface area contributed by atoms with Gasteiger partial charge in [-0.1, -0.05) is 99.6 Å². The van der Waals surface area contributed by atoms with E-state index in [1.807, 2.05) is 141 Å². The molecule has 0 radical (unpaired) electrons. The van der Waals surface area contributed by atoms with Crippen LogP contribution in [0.15, 0.2) is 115 Å². The number of carbonyl (C=O) groups excluding carboxylic acids is 3. The van der Waals surface area contributed by atoms with E-state index in [2.05, 4.69) is 16.0 Å². The quantitative estimate of drug-likeness (QED) is 0.199. The summed E-state index contributed by atoms with van der Waals surface area (Å²) in [6.07, 6.45) is 0.332. The molecule has 4 aromatic carbocycles. The van der Waals surface area contributed by atoms with Crippen LogP contribution in [0.1, 0.15) is 26.3 Å². The van der Waals surface area contributed by atoms with Crippen molar-refractivity contribution in [1.82, 2.24) is 10.6 Å². The lowest BCUT2D eigenvalue weighted by atomic mass is 9.90. The second-order valence-corrected chi connectivity index (χ2v) is 12.7. The van der Waals surface area contributed by atoms with Gasteiger partial charge in [-0.3, -0.25) is 14.4 Å². The summed E-state index contributed by atoms with van der Waals surface area (Å²) in [6, 6.07) is 34.6. The molecule has 0 bridgehead atoms. The summed E-state index contributed by atoms with van der Waals surface area (Å²) in [5, 5.41) is 9.64. The Labute approximate surface area is 275 Å². The van der Waals surface area contributed by atoms with Gasteiger partial charge >= 0.3 is 0 Å². The van der Waals surface area contributed by atoms with Crippen molar-refractivity contribution in [2.24, 2.45) is 5.41 Å². The van der Waals surface area contributed by atoms with Gasteiger partial charge in [0.05, 0.1) is 24.5 Å². The summed E-state index contributed by atoms with van der Waals surface area (Å²) < 4.78 is 0. The highest BCUT2D eigenvalue weighted by Gasteiger charge is 2.38. The van der Waals surface area contributed by atoms with E-state index in [9.17, 15) is 14.4 Å². The number of Topliss-reactive ketones (excluding diaryl/α,β-unsaturated/α-hetero) is 1. The number of nitrogens with zero attached hydrogens (tertiary/aromatic N) is 2. The average molecular weight is 634 g/mol. The summed E-state index contributed by atoms with van der Waals surface area (Å²) in [5.41, 5.74) is 3.29. The molecule has 0 saturated heterocycles. The van der Waals surface area contributed by atoms with E-state index < -0.39 is 17.5 Å². The van der Waals surface area contributed by atoms with E-state index in [0.29, 0.717) is 12.1 Å². The van der Waals surface area contributed by atoms with Gasteiger partial charge in [-0.05, 0) is 54.2 Å². The number of fused-ring (bicyclic) bond motifs is 1. The van der Waals surface area contributed by atoms with Crippen LogP contribution >= 0.6 is 12.2 Å². The van der Waals surface area contributed by atoms with Gasteiger partial charge in [0.2, 0.25) is 5.91 Å². The molecule has 0 fully saturated rings. The number of rotatable bonds is 9. The fourth-order valence-corrected chi connectivity index (χ4v) is 5.53. The Bertz CT molecular complexity index is 1680. The fourth-order valence-electron chi connectivity index (χ4n) is 5.27. The van der Waals surface area contributed by atoms with Crippen molar-refractivity contribution in [2.75, 3.05) is 28.2 Å². The van der Waals surface area contributed by atoms with Gasteiger partial charge in [0, 0.05) is 23.2 Å². The third-order valence-electron chi connectivity index (χ3n) is 7.85. The van der Waals surface area contributed by atoms with Crippen LogP contribution in [0.3, 0.4) is 0 Å². The second kappa shape index (κ2) is 14.4. The lowest BCUT2D eigenvalue weighted by Crippen LogP contribution is -2.58. The van der Waals surface area contributed by atoms with Gasteiger partial charge in [-0.15, -0.1) is 0 Å². The second-order valence-electron chi connectivity index (χ2n) is 12.3. The summed E-state index contributed by atoms with van der Waals surface area (Å²) in [6.45, 7) is 5.56. The van der Waals surface area contributed by atoms with E-state index in [-0.39, 0.29) is 35.8 Å². The zero-order valence-electron chi connectivity index (χ0n) is 26.3. The number of amides is 2. The van der Waals surface area contributed by atoms with E-state index in [4.69, 9.17) is 12.2 Å². The molecule has 0 saturated carbocycles. The molecule has 236 valence electrons. The van der Waals surface area contributed by atoms with Crippen LogP contribution < -0.4 is 25.8 Å². The Morgan fingerprint density at radius 3 is 2.02 bits per heavy atom. The number of hydrogen-bond donors (Lipinski definition) is 3. The van der Waals surface area contributed by atoms with Crippen LogP contribution in [0.4, 0.5) is 22.7 Å². The molecule has 3 N–H and O–H groups in total. The molecule has 1 aliphatic rings. The molecule has 0 aliphatic carbocycles. The molecule has 9 heteroatoms. The highest BCUT2D eigenvalue weighted by molar-refractivity contribution is 7.80. The minimum atomic E-state index is -0.969. The molecule has 0 spiro atoms. The molecule has 2 amide bonds. The lowest BCUT2D eigenvalue weighted by molar-refractivity contribution is -0.129. The summed E-state index contributed by atoms with van der Waals surface area (Å²) in [4.78, 5) is 45.4. The molecule has 1 aliphatic heterocycles. The van der Waals surface area contributed by atoms with E-state index >= 15 is 0 Å². The van der Waals surface area contributed by atoms with Crippen LogP contribution in [0, 0.1) is 5.41 Å². The van der Waals surface area contributed by atoms with Crippen molar-refractivity contribution in [3.63, 3.8) is 0 Å².